The summed E-state index contributed by atoms with van der Waals surface area (Å²) >= 11 is 9.03. The Labute approximate surface area is 269 Å². The van der Waals surface area contributed by atoms with Gasteiger partial charge in [0.2, 0.25) is 0 Å². The number of ether oxygens (including phenoxy) is 2. The molecule has 0 radical (unpaired) electrons. The fourth-order valence-corrected chi connectivity index (χ4v) is 7.42. The van der Waals surface area contributed by atoms with Crippen LogP contribution in [0, 0.1) is 14.3 Å². The van der Waals surface area contributed by atoms with E-state index in [4.69, 9.17) is 14.6 Å². The van der Waals surface area contributed by atoms with E-state index >= 15 is 0 Å². The number of ketones is 2. The number of hydrogen-bond donors (Lipinski definition) is 1. The highest BCUT2D eigenvalue weighted by Crippen LogP contribution is 2.37. The first-order valence-electron chi connectivity index (χ1n) is 12.0. The van der Waals surface area contributed by atoms with E-state index < -0.39 is 0 Å². The molecule has 0 aromatic heterocycles. The first-order chi connectivity index (χ1) is 17.1. The van der Waals surface area contributed by atoms with Gasteiger partial charge in [-0.1, -0.05) is 39.0 Å². The van der Waals surface area contributed by atoms with Crippen molar-refractivity contribution in [3.05, 3.63) is 44.1 Å². The smallest absolute Gasteiger partial charge is 0.158 e. The van der Waals surface area contributed by atoms with Crippen molar-refractivity contribution in [3.8, 4) is 17.2 Å². The van der Waals surface area contributed by atoms with Gasteiger partial charge in [0.25, 0.3) is 0 Å². The van der Waals surface area contributed by atoms with Gasteiger partial charge in [-0.15, -0.1) is 0 Å². The van der Waals surface area contributed by atoms with Crippen LogP contribution >= 0.6 is 90.4 Å². The average molecular weight is 946 g/mol. The van der Waals surface area contributed by atoms with E-state index in [0.29, 0.717) is 19.4 Å². The summed E-state index contributed by atoms with van der Waals surface area (Å²) in [5, 5.41) is 8.43. The van der Waals surface area contributed by atoms with E-state index in [1.165, 1.54) is 25.7 Å². The van der Waals surface area contributed by atoms with Gasteiger partial charge in [-0.05, 0) is 140 Å². The van der Waals surface area contributed by atoms with Gasteiger partial charge >= 0.3 is 0 Å². The van der Waals surface area contributed by atoms with Crippen molar-refractivity contribution < 1.29 is 24.2 Å². The largest absolute Gasteiger partial charge is 0.492 e. The summed E-state index contributed by atoms with van der Waals surface area (Å²) in [6.45, 7) is 6.13. The Kier molecular flexibility index (Phi) is 18.4. The third-order valence-electron chi connectivity index (χ3n) is 4.98. The number of carbonyl (C=O) groups is 2. The monoisotopic (exact) mass is 946 g/mol. The first-order valence-corrected chi connectivity index (χ1v) is 16.3. The van der Waals surface area contributed by atoms with Crippen LogP contribution < -0.4 is 9.47 Å². The maximum Gasteiger partial charge on any atom is 0.158 e. The number of halogens is 4. The molecule has 0 atom stereocenters. The summed E-state index contributed by atoms with van der Waals surface area (Å²) < 4.78 is 15.8. The number of aliphatic hydroxyl groups is 1. The molecular weight excluding hydrogens is 912 g/mol. The summed E-state index contributed by atoms with van der Waals surface area (Å²) in [4.78, 5) is 22.0. The highest BCUT2D eigenvalue weighted by Gasteiger charge is 2.14. The maximum atomic E-state index is 11.3. The van der Waals surface area contributed by atoms with E-state index in [9.17, 15) is 9.59 Å². The summed E-state index contributed by atoms with van der Waals surface area (Å²) in [6.07, 6.45) is 8.16. The molecule has 0 amide bonds. The molecule has 0 saturated heterocycles. The predicted molar refractivity (Wildman–Crippen MR) is 179 cm³/mol. The second-order valence-electron chi connectivity index (χ2n) is 8.23. The lowest BCUT2D eigenvalue weighted by Gasteiger charge is -2.14. The molecule has 0 heterocycles. The van der Waals surface area contributed by atoms with E-state index in [2.05, 4.69) is 97.3 Å². The summed E-state index contributed by atoms with van der Waals surface area (Å²) in [5.41, 5.74) is 1.01. The normalized spacial score (nSPS) is 10.4. The fraction of sp³-hybridized carbons (Fsp3) is 0.481. The van der Waals surface area contributed by atoms with Gasteiger partial charge in [0.1, 0.15) is 23.9 Å². The van der Waals surface area contributed by atoms with Crippen molar-refractivity contribution in [1.82, 2.24) is 0 Å². The van der Waals surface area contributed by atoms with E-state index in [0.717, 1.165) is 49.9 Å². The van der Waals surface area contributed by atoms with Crippen LogP contribution in [-0.2, 0) is 16.0 Å². The van der Waals surface area contributed by atoms with Crippen LogP contribution in [-0.4, -0.2) is 29.9 Å². The van der Waals surface area contributed by atoms with Crippen molar-refractivity contribution in [2.45, 2.75) is 72.1 Å². The standard InChI is InChI=1S/C17H14I4O3.C10H20O2/c1-3-23-16-14(20)7-11(8-15(16)21)24-17-12(18)5-10(4-9(2)22)6-13(17)19;1-2-3-4-5-6-7-8-10(12)9-11/h5-8H,3-4H2,1-2H3;11H,2-9H2,1H3. The van der Waals surface area contributed by atoms with Crippen LogP contribution in [0.1, 0.15) is 71.3 Å². The minimum Gasteiger partial charge on any atom is -0.492 e. The van der Waals surface area contributed by atoms with Crippen LogP contribution in [0.25, 0.3) is 0 Å². The highest BCUT2D eigenvalue weighted by molar-refractivity contribution is 14.1. The molecule has 9 heteroatoms. The molecule has 0 aliphatic rings. The zero-order valence-electron chi connectivity index (χ0n) is 21.0. The molecule has 200 valence electrons. The Morgan fingerprint density at radius 3 is 1.83 bits per heavy atom. The minimum absolute atomic E-state index is 0.0227. The summed E-state index contributed by atoms with van der Waals surface area (Å²) in [5.74, 6) is 2.63. The van der Waals surface area contributed by atoms with Crippen LogP contribution in [0.15, 0.2) is 24.3 Å². The predicted octanol–water partition coefficient (Wildman–Crippen LogP) is 8.73. The Morgan fingerprint density at radius 2 is 1.33 bits per heavy atom. The Hall–Kier alpha value is 0.260. The van der Waals surface area contributed by atoms with Crippen LogP contribution in [0.4, 0.5) is 0 Å². The number of aliphatic hydroxyl groups excluding tert-OH is 1. The molecule has 0 spiro atoms. The van der Waals surface area contributed by atoms with Gasteiger partial charge in [0, 0.05) is 12.8 Å². The molecule has 2 rings (SSSR count). The molecule has 1 N–H and O–H groups in total. The van der Waals surface area contributed by atoms with Crippen molar-refractivity contribution in [2.24, 2.45) is 0 Å². The zero-order chi connectivity index (χ0) is 27.1. The molecule has 0 aliphatic carbocycles. The lowest BCUT2D eigenvalue weighted by atomic mass is 10.1. The zero-order valence-corrected chi connectivity index (χ0v) is 29.6. The van der Waals surface area contributed by atoms with Gasteiger partial charge in [-0.2, -0.15) is 0 Å². The number of hydrogen-bond acceptors (Lipinski definition) is 5. The number of carbonyl (C=O) groups excluding carboxylic acids is 2. The molecule has 2 aromatic rings. The number of Topliss-reactive ketones (excluding diaryl/α,β-unsaturated/α-hetero) is 2. The number of unbranched alkanes of at least 4 members (excludes halogenated alkanes) is 5. The van der Waals surface area contributed by atoms with Crippen molar-refractivity contribution >= 4 is 102 Å². The molecule has 0 aliphatic heterocycles. The second-order valence-corrected chi connectivity index (χ2v) is 12.9. The third kappa shape index (κ3) is 13.4. The first kappa shape index (κ1) is 34.3. The molecule has 0 fully saturated rings. The Bertz CT molecular complexity index is 948. The molecule has 5 nitrogen and oxygen atoms in total. The Morgan fingerprint density at radius 1 is 0.806 bits per heavy atom. The van der Waals surface area contributed by atoms with Crippen molar-refractivity contribution in [1.29, 1.82) is 0 Å². The van der Waals surface area contributed by atoms with Gasteiger partial charge < -0.3 is 14.6 Å². The molecule has 0 bridgehead atoms. The van der Waals surface area contributed by atoms with Crippen LogP contribution in [0.2, 0.25) is 0 Å². The van der Waals surface area contributed by atoms with E-state index in [1.807, 2.05) is 31.2 Å². The molecule has 2 aromatic carbocycles. The molecule has 0 unspecified atom stereocenters. The van der Waals surface area contributed by atoms with Gasteiger partial charge in [0.15, 0.2) is 11.5 Å². The quantitative estimate of drug-likeness (QED) is 0.152. The number of rotatable bonds is 14. The number of benzene rings is 2. The van der Waals surface area contributed by atoms with E-state index in [-0.39, 0.29) is 18.2 Å². The summed E-state index contributed by atoms with van der Waals surface area (Å²) in [6, 6.07) is 7.96. The SMILES string of the molecule is CCCCCCCCC(=O)CO.CCOc1c(I)cc(Oc2c(I)cc(CC(C)=O)cc2I)cc1I. The third-order valence-corrected chi connectivity index (χ3v) is 8.18. The molecule has 0 saturated carbocycles. The Balaban J connectivity index is 0.000000457. The highest BCUT2D eigenvalue weighted by atomic mass is 127. The lowest BCUT2D eigenvalue weighted by Crippen LogP contribution is -2.02. The van der Waals surface area contributed by atoms with Crippen molar-refractivity contribution in [3.63, 3.8) is 0 Å². The maximum absolute atomic E-state index is 11.3. The van der Waals surface area contributed by atoms with Crippen LogP contribution in [0.5, 0.6) is 17.2 Å². The van der Waals surface area contributed by atoms with Gasteiger partial charge in [-0.25, -0.2) is 0 Å². The van der Waals surface area contributed by atoms with Gasteiger partial charge in [-0.3, -0.25) is 9.59 Å². The minimum atomic E-state index is -0.283. The molecule has 36 heavy (non-hydrogen) atoms. The van der Waals surface area contributed by atoms with E-state index in [1.54, 1.807) is 6.92 Å². The lowest BCUT2D eigenvalue weighted by molar-refractivity contribution is -0.121. The topological polar surface area (TPSA) is 72.8 Å². The second kappa shape index (κ2) is 19.3. The summed E-state index contributed by atoms with van der Waals surface area (Å²) in [7, 11) is 0. The van der Waals surface area contributed by atoms with Crippen LogP contribution in [0.3, 0.4) is 0 Å². The fourth-order valence-electron chi connectivity index (χ4n) is 3.28. The van der Waals surface area contributed by atoms with Crippen molar-refractivity contribution in [2.75, 3.05) is 13.2 Å². The average Bonchev–Trinajstić information content (AvgIpc) is 2.81. The molecular formula is C27H34I4O5. The van der Waals surface area contributed by atoms with Gasteiger partial charge in [0.05, 0.1) is 20.9 Å².